The lowest BCUT2D eigenvalue weighted by Crippen LogP contribution is -2.42. The average Bonchev–Trinajstić information content (AvgIpc) is 2.43. The Bertz CT molecular complexity index is 665. The summed E-state index contributed by atoms with van der Waals surface area (Å²) in [5, 5.41) is 2.03. The molecule has 0 radical (unpaired) electrons. The van der Waals surface area contributed by atoms with Gasteiger partial charge in [-0.15, -0.1) is 0 Å². The summed E-state index contributed by atoms with van der Waals surface area (Å²) in [4.78, 5) is 11.8. The number of anilines is 1. The lowest BCUT2D eigenvalue weighted by Gasteiger charge is -2.25. The molecule has 0 aliphatic carbocycles. The maximum absolute atomic E-state index is 13.5. The number of sulfonamides is 1. The van der Waals surface area contributed by atoms with Gasteiger partial charge in [-0.3, -0.25) is 4.79 Å². The lowest BCUT2D eigenvalue weighted by atomic mass is 10.2. The van der Waals surface area contributed by atoms with Gasteiger partial charge in [0.2, 0.25) is 15.9 Å². The molecule has 1 rings (SSSR count). The number of amides is 1. The van der Waals surface area contributed by atoms with Gasteiger partial charge in [-0.25, -0.2) is 21.6 Å². The van der Waals surface area contributed by atoms with Crippen molar-refractivity contribution in [3.05, 3.63) is 29.6 Å². The number of hydrogen-bond acceptors (Lipinski definition) is 3. The van der Waals surface area contributed by atoms with E-state index in [1.807, 2.05) is 5.32 Å². The second-order valence-corrected chi connectivity index (χ2v) is 6.77. The van der Waals surface area contributed by atoms with Gasteiger partial charge in [0.25, 0.3) is 0 Å². The molecule has 1 N–H and O–H groups in total. The number of rotatable bonds is 6. The molecular weight excluding hydrogens is 321 g/mol. The molecule has 5 nitrogen and oxygen atoms in total. The van der Waals surface area contributed by atoms with Gasteiger partial charge >= 0.3 is 0 Å². The summed E-state index contributed by atoms with van der Waals surface area (Å²) in [5.74, 6) is -5.48. The van der Waals surface area contributed by atoms with Crippen molar-refractivity contribution in [3.63, 3.8) is 0 Å². The summed E-state index contributed by atoms with van der Waals surface area (Å²) in [6.07, 6.45) is 1.42. The van der Waals surface area contributed by atoms with Gasteiger partial charge < -0.3 is 5.32 Å². The molecule has 22 heavy (non-hydrogen) atoms. The fraction of sp³-hybridized carbons (Fsp3) is 0.462. The molecule has 1 amide bonds. The number of carbonyl (C=O) groups excluding carboxylic acids is 1. The average molecular weight is 338 g/mol. The molecule has 0 aliphatic rings. The summed E-state index contributed by atoms with van der Waals surface area (Å²) in [5.41, 5.74) is -0.554. The van der Waals surface area contributed by atoms with E-state index in [2.05, 4.69) is 0 Å². The molecule has 1 aromatic rings. The molecule has 1 atom stereocenters. The van der Waals surface area contributed by atoms with E-state index in [9.17, 15) is 26.4 Å². The van der Waals surface area contributed by atoms with Crippen molar-refractivity contribution in [2.24, 2.45) is 0 Å². The molecule has 0 aromatic heterocycles. The van der Waals surface area contributed by atoms with Crippen LogP contribution in [0.2, 0.25) is 0 Å². The van der Waals surface area contributed by atoms with E-state index in [0.717, 1.165) is 16.6 Å². The first kappa shape index (κ1) is 18.4. The zero-order chi connectivity index (χ0) is 17.1. The molecule has 0 spiro atoms. The number of nitrogens with one attached hydrogen (secondary N) is 1. The molecule has 0 bridgehead atoms. The zero-order valence-electron chi connectivity index (χ0n) is 12.4. The van der Waals surface area contributed by atoms with Gasteiger partial charge in [0.05, 0.1) is 18.5 Å². The minimum Gasteiger partial charge on any atom is -0.322 e. The van der Waals surface area contributed by atoms with Crippen LogP contribution in [-0.2, 0) is 14.8 Å². The molecule has 0 saturated carbocycles. The van der Waals surface area contributed by atoms with Gasteiger partial charge in [-0.2, -0.15) is 4.31 Å². The Morgan fingerprint density at radius 1 is 1.27 bits per heavy atom. The highest BCUT2D eigenvalue weighted by molar-refractivity contribution is 7.88. The predicted molar refractivity (Wildman–Crippen MR) is 76.2 cm³/mol. The third-order valence-corrected chi connectivity index (χ3v) is 4.46. The van der Waals surface area contributed by atoms with Crippen LogP contribution in [0.3, 0.4) is 0 Å². The van der Waals surface area contributed by atoms with Gasteiger partial charge in [-0.1, -0.05) is 6.92 Å². The number of hydrogen-bond donors (Lipinski definition) is 1. The highest BCUT2D eigenvalue weighted by Crippen LogP contribution is 2.19. The fourth-order valence-electron chi connectivity index (χ4n) is 1.76. The molecule has 1 aromatic carbocycles. The maximum atomic E-state index is 13.5. The third-order valence-electron chi connectivity index (χ3n) is 3.12. The van der Waals surface area contributed by atoms with Gasteiger partial charge in [0.1, 0.15) is 0 Å². The standard InChI is InChI=1S/C13H17F3N2O3S/c1-4-8(2)18(22(3,20)21)7-11(19)17-10-6-5-9(14)12(15)13(10)16/h5-6,8H,4,7H2,1-3H3,(H,17,19). The first-order valence-corrected chi connectivity index (χ1v) is 8.32. The number of halogens is 3. The molecular formula is C13H17F3N2O3S. The zero-order valence-corrected chi connectivity index (χ0v) is 13.2. The maximum Gasteiger partial charge on any atom is 0.239 e. The van der Waals surface area contributed by atoms with Gasteiger partial charge in [0.15, 0.2) is 17.5 Å². The molecule has 124 valence electrons. The van der Waals surface area contributed by atoms with Crippen LogP contribution in [0, 0.1) is 17.5 Å². The lowest BCUT2D eigenvalue weighted by molar-refractivity contribution is -0.116. The minimum absolute atomic E-state index is 0.435. The van der Waals surface area contributed by atoms with Crippen LogP contribution >= 0.6 is 0 Å². The van der Waals surface area contributed by atoms with Crippen molar-refractivity contribution in [2.45, 2.75) is 26.3 Å². The van der Waals surface area contributed by atoms with E-state index in [1.54, 1.807) is 13.8 Å². The van der Waals surface area contributed by atoms with E-state index in [4.69, 9.17) is 0 Å². The Morgan fingerprint density at radius 3 is 2.36 bits per heavy atom. The Labute approximate surface area is 127 Å². The minimum atomic E-state index is -3.64. The number of nitrogens with zero attached hydrogens (tertiary/aromatic N) is 1. The summed E-state index contributed by atoms with van der Waals surface area (Å²) in [6.45, 7) is 2.81. The monoisotopic (exact) mass is 338 g/mol. The third kappa shape index (κ3) is 4.44. The predicted octanol–water partition coefficient (Wildman–Crippen LogP) is 2.10. The first-order chi connectivity index (χ1) is 10.1. The normalized spacial score (nSPS) is 13.2. The van der Waals surface area contributed by atoms with E-state index >= 15 is 0 Å². The Balaban J connectivity index is 2.92. The SMILES string of the molecule is CCC(C)N(CC(=O)Nc1ccc(F)c(F)c1F)S(C)(=O)=O. The molecule has 0 aliphatic heterocycles. The molecule has 9 heteroatoms. The Morgan fingerprint density at radius 2 is 1.86 bits per heavy atom. The van der Waals surface area contributed by atoms with E-state index in [1.165, 1.54) is 0 Å². The molecule has 0 heterocycles. The summed E-state index contributed by atoms with van der Waals surface area (Å²) < 4.78 is 63.6. The molecule has 0 saturated heterocycles. The highest BCUT2D eigenvalue weighted by atomic mass is 32.2. The number of benzene rings is 1. The van der Waals surface area contributed by atoms with Gasteiger partial charge in [0, 0.05) is 6.04 Å². The van der Waals surface area contributed by atoms with E-state index in [-0.39, 0.29) is 0 Å². The van der Waals surface area contributed by atoms with Gasteiger partial charge in [-0.05, 0) is 25.5 Å². The fourth-order valence-corrected chi connectivity index (χ4v) is 2.91. The Hall–Kier alpha value is -1.61. The van der Waals surface area contributed by atoms with Crippen molar-refractivity contribution in [3.8, 4) is 0 Å². The van der Waals surface area contributed by atoms with E-state index in [0.29, 0.717) is 12.5 Å². The topological polar surface area (TPSA) is 66.5 Å². The second kappa shape index (κ2) is 7.10. The number of carbonyl (C=O) groups is 1. The highest BCUT2D eigenvalue weighted by Gasteiger charge is 2.25. The molecule has 0 fully saturated rings. The Kier molecular flexibility index (Phi) is 5.95. The van der Waals surface area contributed by atoms with Crippen molar-refractivity contribution in [2.75, 3.05) is 18.1 Å². The van der Waals surface area contributed by atoms with Crippen LogP contribution in [0.5, 0.6) is 0 Å². The van der Waals surface area contributed by atoms with Crippen LogP contribution in [0.1, 0.15) is 20.3 Å². The summed E-state index contributed by atoms with van der Waals surface area (Å²) in [7, 11) is -3.64. The van der Waals surface area contributed by atoms with Crippen molar-refractivity contribution < 1.29 is 26.4 Å². The molecule has 1 unspecified atom stereocenters. The van der Waals surface area contributed by atoms with E-state index < -0.39 is 51.7 Å². The second-order valence-electron chi connectivity index (χ2n) is 4.84. The van der Waals surface area contributed by atoms with Crippen molar-refractivity contribution in [1.29, 1.82) is 0 Å². The first-order valence-electron chi connectivity index (χ1n) is 6.48. The van der Waals surface area contributed by atoms with Crippen LogP contribution in [0.4, 0.5) is 18.9 Å². The van der Waals surface area contributed by atoms with Crippen LogP contribution in [0.25, 0.3) is 0 Å². The summed E-state index contributed by atoms with van der Waals surface area (Å²) in [6, 6.07) is 1.09. The largest absolute Gasteiger partial charge is 0.322 e. The smallest absolute Gasteiger partial charge is 0.239 e. The van der Waals surface area contributed by atoms with Crippen LogP contribution in [0.15, 0.2) is 12.1 Å². The van der Waals surface area contributed by atoms with Crippen molar-refractivity contribution in [1.82, 2.24) is 4.31 Å². The van der Waals surface area contributed by atoms with Crippen LogP contribution in [-0.4, -0.2) is 37.5 Å². The van der Waals surface area contributed by atoms with Crippen molar-refractivity contribution >= 4 is 21.6 Å². The summed E-state index contributed by atoms with van der Waals surface area (Å²) >= 11 is 0. The quantitative estimate of drug-likeness (QED) is 0.808. The van der Waals surface area contributed by atoms with Crippen LogP contribution < -0.4 is 5.32 Å².